The molecule has 0 aromatic heterocycles. The van der Waals surface area contributed by atoms with E-state index in [1.165, 1.54) is 0 Å². The van der Waals surface area contributed by atoms with Gasteiger partial charge in [-0.25, -0.2) is 4.79 Å². The number of para-hydroxylation sites is 1. The molecule has 1 aromatic carbocycles. The van der Waals surface area contributed by atoms with E-state index in [0.29, 0.717) is 12.5 Å². The van der Waals surface area contributed by atoms with Gasteiger partial charge >= 0.3 is 6.03 Å². The van der Waals surface area contributed by atoms with Crippen LogP contribution < -0.4 is 16.0 Å². The Labute approximate surface area is 115 Å². The van der Waals surface area contributed by atoms with Crippen molar-refractivity contribution in [3.8, 4) is 0 Å². The molecule has 0 fully saturated rings. The lowest BCUT2D eigenvalue weighted by Gasteiger charge is -2.13. The normalized spacial score (nSPS) is 11.0. The third-order valence-electron chi connectivity index (χ3n) is 2.26. The van der Waals surface area contributed by atoms with Crippen molar-refractivity contribution in [2.75, 3.05) is 18.9 Å². The number of amides is 2. The monoisotopic (exact) mass is 312 g/mol. The largest absolute Gasteiger partial charge is 0.356 e. The van der Waals surface area contributed by atoms with Crippen LogP contribution in [0.3, 0.4) is 0 Å². The van der Waals surface area contributed by atoms with E-state index >= 15 is 0 Å². The summed E-state index contributed by atoms with van der Waals surface area (Å²) in [6.45, 7) is 4.56. The van der Waals surface area contributed by atoms with Gasteiger partial charge in [0.2, 0.25) is 0 Å². The van der Waals surface area contributed by atoms with Gasteiger partial charge in [-0.05, 0) is 41.4 Å². The van der Waals surface area contributed by atoms with Gasteiger partial charge in [0.25, 0.3) is 0 Å². The van der Waals surface area contributed by atoms with Crippen molar-refractivity contribution in [1.29, 1.82) is 0 Å². The summed E-state index contributed by atoms with van der Waals surface area (Å²) in [7, 11) is 1.61. The fraction of sp³-hybridized carbons (Fsp3) is 0.333. The predicted octanol–water partition coefficient (Wildman–Crippen LogP) is 2.47. The second-order valence-corrected chi connectivity index (χ2v) is 4.47. The van der Waals surface area contributed by atoms with E-state index in [4.69, 9.17) is 0 Å². The molecule has 0 radical (unpaired) electrons. The number of halogens is 1. The highest BCUT2D eigenvalue weighted by Gasteiger charge is 2.09. The molecule has 0 bridgehead atoms. The minimum atomic E-state index is -0.327. The number of urea groups is 1. The van der Waals surface area contributed by atoms with E-state index in [9.17, 15) is 4.79 Å². The number of nitrogens with zero attached hydrogens (tertiary/aromatic N) is 1. The highest BCUT2D eigenvalue weighted by Crippen LogP contribution is 2.25. The number of anilines is 1. The molecule has 0 saturated heterocycles. The molecule has 0 aliphatic carbocycles. The molecule has 0 aliphatic rings. The van der Waals surface area contributed by atoms with Crippen LogP contribution in [0.25, 0.3) is 0 Å². The van der Waals surface area contributed by atoms with E-state index in [-0.39, 0.29) is 6.03 Å². The second-order valence-electron chi connectivity index (χ2n) is 3.61. The number of hydrogen-bond donors (Lipinski definition) is 3. The average molecular weight is 313 g/mol. The molecular weight excluding hydrogens is 296 g/mol. The fourth-order valence-electron chi connectivity index (χ4n) is 1.39. The Balaban J connectivity index is 2.71. The van der Waals surface area contributed by atoms with Crippen LogP contribution in [-0.2, 0) is 0 Å². The SMILES string of the molecule is CCNC(=NC)NC(=O)Nc1c(C)cccc1Br. The van der Waals surface area contributed by atoms with Crippen molar-refractivity contribution in [1.82, 2.24) is 10.6 Å². The number of rotatable bonds is 2. The number of aryl methyl sites for hydroxylation is 1. The molecule has 0 unspecified atom stereocenters. The summed E-state index contributed by atoms with van der Waals surface area (Å²) in [5.41, 5.74) is 1.74. The Bertz CT molecular complexity index is 439. The minimum Gasteiger partial charge on any atom is -0.356 e. The smallest absolute Gasteiger partial charge is 0.326 e. The molecule has 5 nitrogen and oxygen atoms in total. The molecule has 98 valence electrons. The van der Waals surface area contributed by atoms with Gasteiger partial charge in [0.1, 0.15) is 0 Å². The first-order chi connectivity index (χ1) is 8.58. The number of nitrogens with one attached hydrogen (secondary N) is 3. The number of carbonyl (C=O) groups is 1. The third-order valence-corrected chi connectivity index (χ3v) is 2.92. The maximum atomic E-state index is 11.8. The minimum absolute atomic E-state index is 0.327. The quantitative estimate of drug-likeness (QED) is 0.580. The average Bonchev–Trinajstić information content (AvgIpc) is 2.33. The molecule has 1 rings (SSSR count). The van der Waals surface area contributed by atoms with Gasteiger partial charge in [0.15, 0.2) is 5.96 Å². The predicted molar refractivity (Wildman–Crippen MR) is 78.1 cm³/mol. The lowest BCUT2D eigenvalue weighted by Crippen LogP contribution is -2.43. The van der Waals surface area contributed by atoms with Gasteiger partial charge in [-0.1, -0.05) is 12.1 Å². The Morgan fingerprint density at radius 1 is 1.44 bits per heavy atom. The Morgan fingerprint density at radius 2 is 2.17 bits per heavy atom. The molecule has 6 heteroatoms. The summed E-state index contributed by atoms with van der Waals surface area (Å²) in [5, 5.41) is 8.37. The number of carbonyl (C=O) groups excluding carboxylic acids is 1. The molecule has 18 heavy (non-hydrogen) atoms. The van der Waals surface area contributed by atoms with Crippen molar-refractivity contribution < 1.29 is 4.79 Å². The summed E-state index contributed by atoms with van der Waals surface area (Å²) < 4.78 is 0.844. The maximum absolute atomic E-state index is 11.8. The van der Waals surface area contributed by atoms with Crippen LogP contribution in [0, 0.1) is 6.92 Å². The van der Waals surface area contributed by atoms with Gasteiger partial charge in [-0.2, -0.15) is 0 Å². The Kier molecular flexibility index (Phi) is 5.64. The summed E-state index contributed by atoms with van der Waals surface area (Å²) in [5.74, 6) is 0.444. The number of guanidine groups is 1. The van der Waals surface area contributed by atoms with Crippen molar-refractivity contribution in [2.45, 2.75) is 13.8 Å². The zero-order valence-electron chi connectivity index (χ0n) is 10.7. The van der Waals surface area contributed by atoms with E-state index in [1.807, 2.05) is 32.0 Å². The molecular formula is C12H17BrN4O. The van der Waals surface area contributed by atoms with Gasteiger partial charge in [0, 0.05) is 18.1 Å². The topological polar surface area (TPSA) is 65.5 Å². The van der Waals surface area contributed by atoms with E-state index < -0.39 is 0 Å². The number of aliphatic imine (C=N–C) groups is 1. The van der Waals surface area contributed by atoms with Crippen LogP contribution in [0.15, 0.2) is 27.7 Å². The van der Waals surface area contributed by atoms with E-state index in [2.05, 4.69) is 36.9 Å². The summed E-state index contributed by atoms with van der Waals surface area (Å²) >= 11 is 3.40. The second kappa shape index (κ2) is 7.00. The molecule has 3 N–H and O–H groups in total. The maximum Gasteiger partial charge on any atom is 0.326 e. The third kappa shape index (κ3) is 4.03. The van der Waals surface area contributed by atoms with Gasteiger partial charge in [-0.3, -0.25) is 10.3 Å². The van der Waals surface area contributed by atoms with E-state index in [0.717, 1.165) is 15.7 Å². The van der Waals surface area contributed by atoms with Gasteiger partial charge in [0.05, 0.1) is 5.69 Å². The lowest BCUT2D eigenvalue weighted by atomic mass is 10.2. The van der Waals surface area contributed by atoms with Crippen molar-refractivity contribution in [3.63, 3.8) is 0 Å². The fourth-order valence-corrected chi connectivity index (χ4v) is 1.95. The Hall–Kier alpha value is -1.56. The van der Waals surface area contributed by atoms with Crippen molar-refractivity contribution in [2.24, 2.45) is 4.99 Å². The van der Waals surface area contributed by atoms with Gasteiger partial charge < -0.3 is 10.6 Å². The molecule has 1 aromatic rings. The van der Waals surface area contributed by atoms with Gasteiger partial charge in [-0.15, -0.1) is 0 Å². The Morgan fingerprint density at radius 3 is 2.72 bits per heavy atom. The number of benzene rings is 1. The van der Waals surface area contributed by atoms with Crippen molar-refractivity contribution in [3.05, 3.63) is 28.2 Å². The highest BCUT2D eigenvalue weighted by molar-refractivity contribution is 9.10. The first-order valence-electron chi connectivity index (χ1n) is 5.62. The zero-order valence-corrected chi connectivity index (χ0v) is 12.3. The van der Waals surface area contributed by atoms with Crippen LogP contribution in [0.5, 0.6) is 0 Å². The molecule has 0 atom stereocenters. The standard InChI is InChI=1S/C12H17BrN4O/c1-4-15-11(14-3)17-12(18)16-10-8(2)6-5-7-9(10)13/h5-7H,4H2,1-3H3,(H3,14,15,16,17,18). The summed E-state index contributed by atoms with van der Waals surface area (Å²) in [6, 6.07) is 5.40. The molecule has 0 spiro atoms. The number of hydrogen-bond acceptors (Lipinski definition) is 2. The van der Waals surface area contributed by atoms with Crippen LogP contribution in [0.1, 0.15) is 12.5 Å². The zero-order chi connectivity index (χ0) is 13.5. The van der Waals surface area contributed by atoms with Crippen molar-refractivity contribution >= 4 is 33.6 Å². The molecule has 0 aliphatic heterocycles. The molecule has 0 saturated carbocycles. The lowest BCUT2D eigenvalue weighted by molar-refractivity contribution is 0.256. The van der Waals surface area contributed by atoms with Crippen LogP contribution >= 0.6 is 15.9 Å². The first-order valence-corrected chi connectivity index (χ1v) is 6.41. The molecule has 2 amide bonds. The summed E-state index contributed by atoms with van der Waals surface area (Å²) in [4.78, 5) is 15.7. The van der Waals surface area contributed by atoms with E-state index in [1.54, 1.807) is 7.05 Å². The first kappa shape index (κ1) is 14.5. The summed E-state index contributed by atoms with van der Waals surface area (Å²) in [6.07, 6.45) is 0. The van der Waals surface area contributed by atoms with Crippen LogP contribution in [0.2, 0.25) is 0 Å². The highest BCUT2D eigenvalue weighted by atomic mass is 79.9. The molecule has 0 heterocycles. The van der Waals surface area contributed by atoms with Crippen LogP contribution in [0.4, 0.5) is 10.5 Å². The van der Waals surface area contributed by atoms with Crippen LogP contribution in [-0.4, -0.2) is 25.6 Å².